The van der Waals surface area contributed by atoms with Gasteiger partial charge < -0.3 is 15.4 Å². The van der Waals surface area contributed by atoms with Crippen LogP contribution in [0.1, 0.15) is 30.4 Å². The minimum atomic E-state index is -0.00987. The highest BCUT2D eigenvalue weighted by atomic mass is 35.5. The van der Waals surface area contributed by atoms with Gasteiger partial charge in [-0.3, -0.25) is 9.69 Å². The van der Waals surface area contributed by atoms with E-state index in [0.717, 1.165) is 57.8 Å². The van der Waals surface area contributed by atoms with Crippen molar-refractivity contribution in [2.24, 2.45) is 0 Å². The van der Waals surface area contributed by atoms with Gasteiger partial charge in [-0.05, 0) is 30.5 Å². The number of morpholine rings is 1. The number of hydrogen-bond donors (Lipinski definition) is 2. The van der Waals surface area contributed by atoms with Crippen LogP contribution in [0, 0.1) is 0 Å². The summed E-state index contributed by atoms with van der Waals surface area (Å²) in [4.78, 5) is 14.5. The number of carbonyl (C=O) groups is 1. The minimum absolute atomic E-state index is 0. The summed E-state index contributed by atoms with van der Waals surface area (Å²) >= 11 is 0. The minimum Gasteiger partial charge on any atom is -0.379 e. The molecule has 25 heavy (non-hydrogen) atoms. The van der Waals surface area contributed by atoms with Gasteiger partial charge in [0.2, 0.25) is 5.91 Å². The number of hydrogen-bond acceptors (Lipinski definition) is 4. The number of nitrogens with zero attached hydrogens (tertiary/aromatic N) is 1. The first kappa shape index (κ1) is 22.2. The molecule has 2 saturated heterocycles. The lowest BCUT2D eigenvalue weighted by Crippen LogP contribution is -2.46. The van der Waals surface area contributed by atoms with Gasteiger partial charge in [-0.25, -0.2) is 0 Å². The van der Waals surface area contributed by atoms with E-state index >= 15 is 0 Å². The molecule has 0 spiro atoms. The molecule has 1 aromatic carbocycles. The van der Waals surface area contributed by atoms with Crippen LogP contribution in [0.4, 0.5) is 0 Å². The lowest BCUT2D eigenvalue weighted by atomic mass is 10.0. The molecule has 0 radical (unpaired) electrons. The van der Waals surface area contributed by atoms with E-state index < -0.39 is 0 Å². The van der Waals surface area contributed by atoms with Crippen LogP contribution in [0.15, 0.2) is 24.3 Å². The van der Waals surface area contributed by atoms with Gasteiger partial charge in [0.25, 0.3) is 0 Å². The molecule has 0 saturated carbocycles. The summed E-state index contributed by atoms with van der Waals surface area (Å²) in [7, 11) is 0. The Bertz CT molecular complexity index is 502. The third kappa shape index (κ3) is 7.12. The number of nitrogens with one attached hydrogen (secondary N) is 2. The summed E-state index contributed by atoms with van der Waals surface area (Å²) in [5.41, 5.74) is 2.47. The molecule has 2 N–H and O–H groups in total. The third-order valence-corrected chi connectivity index (χ3v) is 4.63. The molecule has 5 nitrogen and oxygen atoms in total. The zero-order valence-corrected chi connectivity index (χ0v) is 16.2. The zero-order chi connectivity index (χ0) is 15.9. The Morgan fingerprint density at radius 3 is 2.44 bits per heavy atom. The fraction of sp³-hybridized carbons (Fsp3) is 0.611. The van der Waals surface area contributed by atoms with E-state index in [9.17, 15) is 4.79 Å². The Labute approximate surface area is 162 Å². The van der Waals surface area contributed by atoms with E-state index in [1.54, 1.807) is 0 Å². The average molecular weight is 390 g/mol. The molecule has 1 amide bonds. The van der Waals surface area contributed by atoms with E-state index in [0.29, 0.717) is 6.54 Å². The van der Waals surface area contributed by atoms with Crippen molar-refractivity contribution in [3.8, 4) is 0 Å². The number of rotatable bonds is 5. The Morgan fingerprint density at radius 1 is 1.12 bits per heavy atom. The predicted octanol–water partition coefficient (Wildman–Crippen LogP) is 2.12. The average Bonchev–Trinajstić information content (AvgIpc) is 2.62. The molecule has 1 aromatic rings. The topological polar surface area (TPSA) is 53.6 Å². The summed E-state index contributed by atoms with van der Waals surface area (Å²) in [6.45, 7) is 6.21. The third-order valence-electron chi connectivity index (χ3n) is 4.63. The second kappa shape index (κ2) is 11.7. The zero-order valence-electron chi connectivity index (χ0n) is 14.5. The fourth-order valence-electron chi connectivity index (χ4n) is 3.17. The summed E-state index contributed by atoms with van der Waals surface area (Å²) in [5.74, 6) is 0.127. The van der Waals surface area contributed by atoms with Crippen LogP contribution in [-0.2, 0) is 22.6 Å². The van der Waals surface area contributed by atoms with E-state index in [-0.39, 0.29) is 36.8 Å². The van der Waals surface area contributed by atoms with Crippen molar-refractivity contribution in [2.75, 3.05) is 32.8 Å². The Balaban J connectivity index is 0.00000156. The van der Waals surface area contributed by atoms with E-state index in [4.69, 9.17) is 4.74 Å². The number of amides is 1. The molecule has 3 rings (SSSR count). The van der Waals surface area contributed by atoms with E-state index in [2.05, 4.69) is 39.8 Å². The van der Waals surface area contributed by atoms with Crippen molar-refractivity contribution in [3.63, 3.8) is 0 Å². The van der Waals surface area contributed by atoms with Crippen LogP contribution in [-0.4, -0.2) is 49.7 Å². The predicted molar refractivity (Wildman–Crippen MR) is 105 cm³/mol. The molecule has 1 atom stereocenters. The van der Waals surface area contributed by atoms with Crippen LogP contribution in [0.3, 0.4) is 0 Å². The largest absolute Gasteiger partial charge is 0.379 e. The SMILES string of the molecule is Cl.Cl.O=C(NCc1ccc(CN2CCOCC2)cc1)C1CCCCN1. The molecule has 0 aromatic heterocycles. The summed E-state index contributed by atoms with van der Waals surface area (Å²) in [6.07, 6.45) is 3.26. The molecule has 1 unspecified atom stereocenters. The Kier molecular flexibility index (Phi) is 10.4. The lowest BCUT2D eigenvalue weighted by Gasteiger charge is -2.26. The van der Waals surface area contributed by atoms with Gasteiger partial charge in [-0.2, -0.15) is 0 Å². The molecule has 2 heterocycles. The second-order valence-corrected chi connectivity index (χ2v) is 6.43. The standard InChI is InChI=1S/C18H27N3O2.2ClH/c22-18(17-3-1-2-8-19-17)20-13-15-4-6-16(7-5-15)14-21-9-11-23-12-10-21;;/h4-7,17,19H,1-3,8-14H2,(H,20,22);2*1H. The maximum absolute atomic E-state index is 12.1. The summed E-state index contributed by atoms with van der Waals surface area (Å²) in [6, 6.07) is 8.55. The van der Waals surface area contributed by atoms with Gasteiger partial charge in [0.1, 0.15) is 0 Å². The maximum Gasteiger partial charge on any atom is 0.237 e. The summed E-state index contributed by atoms with van der Waals surface area (Å²) < 4.78 is 5.37. The number of ether oxygens (including phenoxy) is 1. The van der Waals surface area contributed by atoms with Crippen molar-refractivity contribution < 1.29 is 9.53 Å². The van der Waals surface area contributed by atoms with Crippen molar-refractivity contribution in [2.45, 2.75) is 38.4 Å². The molecule has 2 aliphatic rings. The van der Waals surface area contributed by atoms with Gasteiger partial charge >= 0.3 is 0 Å². The van der Waals surface area contributed by atoms with Crippen molar-refractivity contribution in [1.29, 1.82) is 0 Å². The number of piperidine rings is 1. The highest BCUT2D eigenvalue weighted by molar-refractivity contribution is 5.85. The second-order valence-electron chi connectivity index (χ2n) is 6.43. The smallest absolute Gasteiger partial charge is 0.237 e. The van der Waals surface area contributed by atoms with Gasteiger partial charge in [0.05, 0.1) is 19.3 Å². The number of carbonyl (C=O) groups excluding carboxylic acids is 1. The van der Waals surface area contributed by atoms with E-state index in [1.807, 2.05) is 0 Å². The molecule has 7 heteroatoms. The molecular formula is C18H29Cl2N3O2. The maximum atomic E-state index is 12.1. The quantitative estimate of drug-likeness (QED) is 0.809. The van der Waals surface area contributed by atoms with Crippen LogP contribution in [0.5, 0.6) is 0 Å². The van der Waals surface area contributed by atoms with Gasteiger partial charge in [0, 0.05) is 26.2 Å². The molecular weight excluding hydrogens is 361 g/mol. The van der Waals surface area contributed by atoms with Gasteiger partial charge in [-0.15, -0.1) is 24.8 Å². The van der Waals surface area contributed by atoms with Gasteiger partial charge in [0.15, 0.2) is 0 Å². The first-order valence-electron chi connectivity index (χ1n) is 8.70. The lowest BCUT2D eigenvalue weighted by molar-refractivity contribution is -0.123. The molecule has 142 valence electrons. The fourth-order valence-corrected chi connectivity index (χ4v) is 3.17. The Morgan fingerprint density at radius 2 is 1.80 bits per heavy atom. The number of benzene rings is 1. The Hall–Kier alpha value is -0.850. The van der Waals surface area contributed by atoms with Crippen molar-refractivity contribution in [3.05, 3.63) is 35.4 Å². The first-order valence-corrected chi connectivity index (χ1v) is 8.70. The van der Waals surface area contributed by atoms with Crippen molar-refractivity contribution in [1.82, 2.24) is 15.5 Å². The van der Waals surface area contributed by atoms with E-state index in [1.165, 1.54) is 12.0 Å². The van der Waals surface area contributed by atoms with Crippen molar-refractivity contribution >= 4 is 30.7 Å². The first-order chi connectivity index (χ1) is 11.3. The highest BCUT2D eigenvalue weighted by Crippen LogP contribution is 2.10. The highest BCUT2D eigenvalue weighted by Gasteiger charge is 2.19. The molecule has 2 aliphatic heterocycles. The van der Waals surface area contributed by atoms with Crippen LogP contribution in [0.25, 0.3) is 0 Å². The van der Waals surface area contributed by atoms with Crippen LogP contribution in [0.2, 0.25) is 0 Å². The molecule has 0 aliphatic carbocycles. The van der Waals surface area contributed by atoms with Gasteiger partial charge in [-0.1, -0.05) is 30.7 Å². The number of halogens is 2. The normalized spacial score (nSPS) is 20.9. The molecule has 0 bridgehead atoms. The summed E-state index contributed by atoms with van der Waals surface area (Å²) in [5, 5.41) is 6.32. The van der Waals surface area contributed by atoms with Crippen LogP contribution < -0.4 is 10.6 Å². The van der Waals surface area contributed by atoms with Crippen LogP contribution >= 0.6 is 24.8 Å². The monoisotopic (exact) mass is 389 g/mol. The molecule has 2 fully saturated rings.